The van der Waals surface area contributed by atoms with Gasteiger partial charge < -0.3 is 15.7 Å². The first-order valence-corrected chi connectivity index (χ1v) is 10.6. The van der Waals surface area contributed by atoms with E-state index >= 15 is 0 Å². The largest absolute Gasteiger partial charge is 0.393 e. The van der Waals surface area contributed by atoms with Crippen LogP contribution in [0.5, 0.6) is 0 Å². The predicted octanol–water partition coefficient (Wildman–Crippen LogP) is 4.54. The second-order valence-corrected chi connectivity index (χ2v) is 8.40. The molecule has 0 amide bonds. The molecule has 0 saturated heterocycles. The van der Waals surface area contributed by atoms with Crippen LogP contribution in [0.1, 0.15) is 25.7 Å². The minimum atomic E-state index is -0.151. The summed E-state index contributed by atoms with van der Waals surface area (Å²) in [5.41, 5.74) is 3.13. The summed E-state index contributed by atoms with van der Waals surface area (Å²) in [6.45, 7) is 0. The van der Waals surface area contributed by atoms with E-state index in [4.69, 9.17) is 0 Å². The van der Waals surface area contributed by atoms with Crippen molar-refractivity contribution in [1.82, 2.24) is 20.2 Å². The molecule has 7 nitrogen and oxygen atoms in total. The quantitative estimate of drug-likeness (QED) is 0.388. The van der Waals surface area contributed by atoms with Gasteiger partial charge in [0.25, 0.3) is 0 Å². The van der Waals surface area contributed by atoms with Crippen molar-refractivity contribution in [3.8, 4) is 11.1 Å². The Morgan fingerprint density at radius 1 is 1.00 bits per heavy atom. The van der Waals surface area contributed by atoms with Crippen LogP contribution >= 0.6 is 11.3 Å². The van der Waals surface area contributed by atoms with Gasteiger partial charge in [-0.3, -0.25) is 5.10 Å². The van der Waals surface area contributed by atoms with Crippen molar-refractivity contribution in [3.63, 3.8) is 0 Å². The molecule has 3 aromatic heterocycles. The third kappa shape index (κ3) is 4.08. The van der Waals surface area contributed by atoms with Crippen molar-refractivity contribution in [2.75, 3.05) is 10.6 Å². The summed E-state index contributed by atoms with van der Waals surface area (Å²) in [4.78, 5) is 9.36. The number of anilines is 3. The number of rotatable bonds is 5. The number of thiazole rings is 1. The molecule has 1 aromatic carbocycles. The fourth-order valence-electron chi connectivity index (χ4n) is 3.69. The number of nitrogens with one attached hydrogen (secondary N) is 3. The zero-order valence-corrected chi connectivity index (χ0v) is 16.6. The van der Waals surface area contributed by atoms with Gasteiger partial charge in [0.15, 0.2) is 5.13 Å². The number of hydrogen-bond acceptors (Lipinski definition) is 7. The Morgan fingerprint density at radius 2 is 1.86 bits per heavy atom. The van der Waals surface area contributed by atoms with Crippen LogP contribution in [0.2, 0.25) is 0 Å². The van der Waals surface area contributed by atoms with E-state index < -0.39 is 0 Å². The first kappa shape index (κ1) is 18.1. The minimum absolute atomic E-state index is 0.151. The molecule has 29 heavy (non-hydrogen) atoms. The monoisotopic (exact) mass is 406 g/mol. The average Bonchev–Trinajstić information content (AvgIpc) is 3.39. The van der Waals surface area contributed by atoms with Gasteiger partial charge in [-0.05, 0) is 55.5 Å². The van der Waals surface area contributed by atoms with E-state index in [0.29, 0.717) is 6.04 Å². The molecule has 5 rings (SSSR count). The number of aliphatic hydroxyl groups is 1. The van der Waals surface area contributed by atoms with Gasteiger partial charge in [0.1, 0.15) is 11.6 Å². The van der Waals surface area contributed by atoms with Crippen molar-refractivity contribution in [1.29, 1.82) is 0 Å². The normalized spacial score (nSPS) is 19.3. The van der Waals surface area contributed by atoms with Crippen molar-refractivity contribution >= 4 is 38.3 Å². The SMILES string of the molecule is O[C@H]1CC[C@H](Nc2cccc(Nc3nc4ccc(-c5cn[nH]c5)cc4s3)n2)CC1. The Labute approximate surface area is 172 Å². The van der Waals surface area contributed by atoms with E-state index in [-0.39, 0.29) is 6.10 Å². The van der Waals surface area contributed by atoms with Gasteiger partial charge in [0.05, 0.1) is 22.5 Å². The number of hydrogen-bond donors (Lipinski definition) is 4. The van der Waals surface area contributed by atoms with Crippen molar-refractivity contribution in [3.05, 3.63) is 48.8 Å². The van der Waals surface area contributed by atoms with Crippen LogP contribution in [-0.2, 0) is 0 Å². The van der Waals surface area contributed by atoms with Crippen molar-refractivity contribution < 1.29 is 5.11 Å². The van der Waals surface area contributed by atoms with Gasteiger partial charge in [0.2, 0.25) is 0 Å². The molecule has 0 unspecified atom stereocenters. The number of fused-ring (bicyclic) bond motifs is 1. The fraction of sp³-hybridized carbons (Fsp3) is 0.286. The van der Waals surface area contributed by atoms with Crippen LogP contribution in [0.15, 0.2) is 48.8 Å². The molecule has 0 bridgehead atoms. The van der Waals surface area contributed by atoms with Gasteiger partial charge in [-0.15, -0.1) is 0 Å². The maximum absolute atomic E-state index is 9.67. The smallest absolute Gasteiger partial charge is 0.189 e. The number of aromatic nitrogens is 4. The first-order chi connectivity index (χ1) is 14.2. The zero-order chi connectivity index (χ0) is 19.6. The summed E-state index contributed by atoms with van der Waals surface area (Å²) in [6.07, 6.45) is 7.19. The summed E-state index contributed by atoms with van der Waals surface area (Å²) in [5, 5.41) is 24.2. The van der Waals surface area contributed by atoms with Crippen LogP contribution in [0, 0.1) is 0 Å². The molecular weight excluding hydrogens is 384 g/mol. The molecule has 148 valence electrons. The van der Waals surface area contributed by atoms with E-state index in [1.165, 1.54) is 0 Å². The Morgan fingerprint density at radius 3 is 2.69 bits per heavy atom. The summed E-state index contributed by atoms with van der Waals surface area (Å²) >= 11 is 1.60. The molecule has 3 heterocycles. The maximum atomic E-state index is 9.67. The Kier molecular flexibility index (Phi) is 4.87. The molecule has 0 atom stereocenters. The van der Waals surface area contributed by atoms with Crippen LogP contribution in [0.3, 0.4) is 0 Å². The summed E-state index contributed by atoms with van der Waals surface area (Å²) in [5.74, 6) is 1.61. The highest BCUT2D eigenvalue weighted by atomic mass is 32.1. The van der Waals surface area contributed by atoms with Gasteiger partial charge in [0, 0.05) is 17.8 Å². The molecule has 4 N–H and O–H groups in total. The lowest BCUT2D eigenvalue weighted by Crippen LogP contribution is -2.28. The lowest BCUT2D eigenvalue weighted by Gasteiger charge is -2.26. The second-order valence-electron chi connectivity index (χ2n) is 7.37. The minimum Gasteiger partial charge on any atom is -0.393 e. The molecule has 1 saturated carbocycles. The number of H-pyrrole nitrogens is 1. The molecule has 1 fully saturated rings. The Bertz CT molecular complexity index is 1100. The fourth-order valence-corrected chi connectivity index (χ4v) is 4.60. The van der Waals surface area contributed by atoms with E-state index in [0.717, 1.165) is 63.8 Å². The van der Waals surface area contributed by atoms with Gasteiger partial charge in [-0.25, -0.2) is 9.97 Å². The Balaban J connectivity index is 1.31. The molecule has 1 aliphatic carbocycles. The van der Waals surface area contributed by atoms with E-state index in [9.17, 15) is 5.11 Å². The average molecular weight is 407 g/mol. The highest BCUT2D eigenvalue weighted by Crippen LogP contribution is 2.31. The topological polar surface area (TPSA) is 98.7 Å². The first-order valence-electron chi connectivity index (χ1n) is 9.81. The van der Waals surface area contributed by atoms with Gasteiger partial charge in [-0.2, -0.15) is 5.10 Å². The number of nitrogens with zero attached hydrogens (tertiary/aromatic N) is 3. The number of aliphatic hydroxyl groups excluding tert-OH is 1. The van der Waals surface area contributed by atoms with Gasteiger partial charge >= 0.3 is 0 Å². The molecular formula is C21H22N6OS. The van der Waals surface area contributed by atoms with Gasteiger partial charge in [-0.1, -0.05) is 23.5 Å². The number of aromatic amines is 1. The zero-order valence-electron chi connectivity index (χ0n) is 15.8. The van der Waals surface area contributed by atoms with E-state index in [1.807, 2.05) is 36.7 Å². The van der Waals surface area contributed by atoms with Crippen molar-refractivity contribution in [2.24, 2.45) is 0 Å². The third-order valence-electron chi connectivity index (χ3n) is 5.25. The van der Waals surface area contributed by atoms with Crippen molar-refractivity contribution in [2.45, 2.75) is 37.8 Å². The molecule has 0 radical (unpaired) electrons. The van der Waals surface area contributed by atoms with Crippen LogP contribution in [0.25, 0.3) is 21.3 Å². The molecule has 0 spiro atoms. The Hall–Kier alpha value is -2.97. The van der Waals surface area contributed by atoms with Crippen LogP contribution in [0.4, 0.5) is 16.8 Å². The van der Waals surface area contributed by atoms with Crippen LogP contribution in [-0.4, -0.2) is 37.4 Å². The summed E-state index contributed by atoms with van der Waals surface area (Å²) < 4.78 is 1.11. The third-order valence-corrected chi connectivity index (χ3v) is 6.19. The summed E-state index contributed by atoms with van der Waals surface area (Å²) in [6, 6.07) is 12.5. The lowest BCUT2D eigenvalue weighted by atomic mass is 9.93. The predicted molar refractivity (Wildman–Crippen MR) is 117 cm³/mol. The molecule has 4 aromatic rings. The van der Waals surface area contributed by atoms with E-state index in [1.54, 1.807) is 11.3 Å². The number of benzene rings is 1. The second kappa shape index (κ2) is 7.81. The molecule has 1 aliphatic rings. The summed E-state index contributed by atoms with van der Waals surface area (Å²) in [7, 11) is 0. The van der Waals surface area contributed by atoms with Crippen LogP contribution < -0.4 is 10.6 Å². The molecule has 0 aliphatic heterocycles. The lowest BCUT2D eigenvalue weighted by molar-refractivity contribution is 0.126. The standard InChI is InChI=1S/C21H22N6OS/c28-16-7-5-15(6-8-16)24-19-2-1-3-20(26-19)27-21-25-17-9-4-13(10-18(17)29-21)14-11-22-23-12-14/h1-4,9-12,15-16,28H,5-8H2,(H,22,23)(H2,24,25,26,27)/t15-,16-. The van der Waals surface area contributed by atoms with E-state index in [2.05, 4.69) is 42.9 Å². The molecule has 8 heteroatoms. The highest BCUT2D eigenvalue weighted by Gasteiger charge is 2.19. The number of pyridine rings is 1. The maximum Gasteiger partial charge on any atom is 0.189 e. The highest BCUT2D eigenvalue weighted by molar-refractivity contribution is 7.22.